The number of pyridine rings is 1. The Morgan fingerprint density at radius 1 is 0.959 bits per heavy atom. The first-order chi connectivity index (χ1) is 23.7. The molecule has 4 heterocycles. The number of halogens is 1. The monoisotopic (exact) mass is 662 g/mol. The summed E-state index contributed by atoms with van der Waals surface area (Å²) < 4.78 is 28.1. The van der Waals surface area contributed by atoms with Gasteiger partial charge in [-0.3, -0.25) is 24.2 Å². The van der Waals surface area contributed by atoms with E-state index in [-0.39, 0.29) is 49.0 Å². The van der Waals surface area contributed by atoms with Crippen LogP contribution in [-0.4, -0.2) is 69.0 Å². The van der Waals surface area contributed by atoms with Crippen LogP contribution in [0.4, 0.5) is 4.39 Å². The van der Waals surface area contributed by atoms with E-state index in [0.717, 1.165) is 5.56 Å². The summed E-state index contributed by atoms with van der Waals surface area (Å²) in [5, 5.41) is 6.16. The highest BCUT2D eigenvalue weighted by Crippen LogP contribution is 2.26. The molecule has 6 bridgehead atoms. The Bertz CT molecular complexity index is 2170. The minimum atomic E-state index is -0.704. The van der Waals surface area contributed by atoms with Gasteiger partial charge in [0.1, 0.15) is 23.4 Å². The first kappa shape index (κ1) is 31.5. The van der Waals surface area contributed by atoms with Gasteiger partial charge in [-0.2, -0.15) is 0 Å². The van der Waals surface area contributed by atoms with E-state index in [9.17, 15) is 23.6 Å². The second-order valence-electron chi connectivity index (χ2n) is 12.0. The van der Waals surface area contributed by atoms with Gasteiger partial charge in [-0.05, 0) is 59.7 Å². The molecule has 0 radical (unpaired) electrons. The number of ether oxygens (including phenoxy) is 2. The highest BCUT2D eigenvalue weighted by Gasteiger charge is 2.35. The number of nitrogens with one attached hydrogen (secondary N) is 2. The fourth-order valence-electron chi connectivity index (χ4n) is 6.03. The van der Waals surface area contributed by atoms with Gasteiger partial charge >= 0.3 is 0 Å². The number of carbonyl (C=O) groups excluding carboxylic acids is 3. The highest BCUT2D eigenvalue weighted by molar-refractivity contribution is 5.98. The predicted molar refractivity (Wildman–Crippen MR) is 177 cm³/mol. The third-order valence-corrected chi connectivity index (χ3v) is 8.56. The number of carbonyl (C=O) groups is 3. The standard InChI is InChI=1S/C36H31FN6O6/c1-42-20-40-30-13-23(5-6-29(30)36(42)47)35(46)43-8-7-32-31(18-43)41-34(45)25-11-24(16-38-17-25)22-3-2-4-27(12-22)48-19-33(44)39-15-21-9-26(37)14-28(10-21)49-32/h2-6,9-14,16-17,20,31-32H,7-8,15,18-19H2,1H3,(H,39,44)(H,41,45)/t31-,32+/m1/s1. The van der Waals surface area contributed by atoms with Gasteiger partial charge in [0, 0.05) is 62.7 Å². The van der Waals surface area contributed by atoms with Gasteiger partial charge in [-0.15, -0.1) is 0 Å². The molecule has 0 saturated carbocycles. The molecule has 0 aliphatic carbocycles. The summed E-state index contributed by atoms with van der Waals surface area (Å²) >= 11 is 0. The second-order valence-corrected chi connectivity index (χ2v) is 12.0. The van der Waals surface area contributed by atoms with Crippen LogP contribution < -0.4 is 25.7 Å². The third kappa shape index (κ3) is 6.82. The molecule has 1 saturated heterocycles. The summed E-state index contributed by atoms with van der Waals surface area (Å²) in [6, 6.07) is 17.0. The molecule has 2 N–H and O–H groups in total. The van der Waals surface area contributed by atoms with E-state index < -0.39 is 29.8 Å². The van der Waals surface area contributed by atoms with Gasteiger partial charge in [0.15, 0.2) is 6.61 Å². The lowest BCUT2D eigenvalue weighted by Crippen LogP contribution is -2.58. The third-order valence-electron chi connectivity index (χ3n) is 8.56. The van der Waals surface area contributed by atoms with Gasteiger partial charge < -0.3 is 29.6 Å². The van der Waals surface area contributed by atoms with E-state index in [4.69, 9.17) is 9.47 Å². The van der Waals surface area contributed by atoms with Crippen molar-refractivity contribution in [2.75, 3.05) is 19.7 Å². The Kier molecular flexibility index (Phi) is 8.47. The number of hydrogen-bond acceptors (Lipinski definition) is 8. The van der Waals surface area contributed by atoms with E-state index in [1.54, 1.807) is 66.7 Å². The molecule has 7 rings (SSSR count). The van der Waals surface area contributed by atoms with E-state index in [1.807, 2.05) is 6.07 Å². The summed E-state index contributed by atoms with van der Waals surface area (Å²) in [6.07, 6.45) is 4.14. The smallest absolute Gasteiger partial charge is 0.260 e. The molecule has 2 aromatic heterocycles. The maximum absolute atomic E-state index is 14.7. The molecule has 2 aliphatic heterocycles. The Morgan fingerprint density at radius 2 is 1.82 bits per heavy atom. The SMILES string of the molecule is Cn1cnc2cc(C(=O)N3CC[C@@H]4Oc5cc(F)cc(c5)CNC(=O)COc5cccc(c5)-c5cncc(c5)C(=O)N[C@@H]4C3)ccc2c1=O. The molecule has 248 valence electrons. The number of piperidine rings is 1. The second kappa shape index (κ2) is 13.2. The van der Waals surface area contributed by atoms with Crippen molar-refractivity contribution in [1.29, 1.82) is 0 Å². The average molecular weight is 663 g/mol. The largest absolute Gasteiger partial charge is 0.488 e. The van der Waals surface area contributed by atoms with Crippen molar-refractivity contribution < 1.29 is 28.2 Å². The minimum Gasteiger partial charge on any atom is -0.488 e. The number of aryl methyl sites for hydroxylation is 1. The van der Waals surface area contributed by atoms with E-state index in [1.165, 1.54) is 29.2 Å². The van der Waals surface area contributed by atoms with Crippen molar-refractivity contribution in [3.63, 3.8) is 0 Å². The first-order valence-electron chi connectivity index (χ1n) is 15.7. The zero-order chi connectivity index (χ0) is 34.1. The Hall–Kier alpha value is -6.11. The highest BCUT2D eigenvalue weighted by atomic mass is 19.1. The quantitative estimate of drug-likeness (QED) is 0.279. The van der Waals surface area contributed by atoms with Crippen molar-refractivity contribution in [3.05, 3.63) is 118 Å². The molecule has 12 nitrogen and oxygen atoms in total. The summed E-state index contributed by atoms with van der Waals surface area (Å²) in [6.45, 7) is 0.148. The van der Waals surface area contributed by atoms with Gasteiger partial charge in [0.25, 0.3) is 23.3 Å². The number of aromatic nitrogens is 3. The van der Waals surface area contributed by atoms with Gasteiger partial charge in [-0.25, -0.2) is 9.37 Å². The molecule has 5 aromatic rings. The van der Waals surface area contributed by atoms with Crippen LogP contribution in [0.1, 0.15) is 32.7 Å². The van der Waals surface area contributed by atoms with E-state index in [0.29, 0.717) is 39.8 Å². The number of fused-ring (bicyclic) bond motifs is 9. The lowest BCUT2D eigenvalue weighted by molar-refractivity contribution is -0.123. The average Bonchev–Trinajstić information content (AvgIpc) is 3.11. The first-order valence-corrected chi connectivity index (χ1v) is 15.7. The summed E-state index contributed by atoms with van der Waals surface area (Å²) in [5.41, 5.74) is 2.64. The summed E-state index contributed by atoms with van der Waals surface area (Å²) in [4.78, 5) is 62.8. The van der Waals surface area contributed by atoms with Crippen molar-refractivity contribution in [3.8, 4) is 22.6 Å². The van der Waals surface area contributed by atoms with Crippen molar-refractivity contribution in [2.45, 2.75) is 25.1 Å². The lowest BCUT2D eigenvalue weighted by Gasteiger charge is -2.39. The van der Waals surface area contributed by atoms with Crippen molar-refractivity contribution >= 4 is 28.6 Å². The Labute approximate surface area is 279 Å². The molecular weight excluding hydrogens is 631 g/mol. The molecule has 2 aliphatic rings. The van der Waals surface area contributed by atoms with Gasteiger partial charge in [-0.1, -0.05) is 12.1 Å². The van der Waals surface area contributed by atoms with Crippen LogP contribution in [0.2, 0.25) is 0 Å². The van der Waals surface area contributed by atoms with Crippen LogP contribution in [0.25, 0.3) is 22.0 Å². The van der Waals surface area contributed by atoms with Crippen LogP contribution in [0.5, 0.6) is 11.5 Å². The maximum atomic E-state index is 14.7. The Balaban J connectivity index is 1.21. The zero-order valence-electron chi connectivity index (χ0n) is 26.4. The van der Waals surface area contributed by atoms with Crippen LogP contribution in [0.3, 0.4) is 0 Å². The fourth-order valence-corrected chi connectivity index (χ4v) is 6.03. The van der Waals surface area contributed by atoms with Crippen LogP contribution >= 0.6 is 0 Å². The molecule has 49 heavy (non-hydrogen) atoms. The molecule has 0 spiro atoms. The zero-order valence-corrected chi connectivity index (χ0v) is 26.4. The normalized spacial score (nSPS) is 18.0. The van der Waals surface area contributed by atoms with Gasteiger partial charge in [0.05, 0.1) is 28.8 Å². The van der Waals surface area contributed by atoms with E-state index >= 15 is 0 Å². The maximum Gasteiger partial charge on any atom is 0.260 e. The topological polar surface area (TPSA) is 145 Å². The number of hydrogen-bond donors (Lipinski definition) is 2. The number of likely N-dealkylation sites (tertiary alicyclic amines) is 1. The molecule has 0 unspecified atom stereocenters. The molecule has 3 aromatic carbocycles. The molecule has 13 heteroatoms. The molecule has 3 amide bonds. The van der Waals surface area contributed by atoms with Crippen LogP contribution in [0, 0.1) is 5.82 Å². The predicted octanol–water partition coefficient (Wildman–Crippen LogP) is 3.24. The van der Waals surface area contributed by atoms with Crippen LogP contribution in [-0.2, 0) is 18.4 Å². The van der Waals surface area contributed by atoms with Crippen molar-refractivity contribution in [1.82, 2.24) is 30.1 Å². The number of amides is 3. The summed E-state index contributed by atoms with van der Waals surface area (Å²) in [7, 11) is 1.61. The Morgan fingerprint density at radius 3 is 2.69 bits per heavy atom. The number of benzene rings is 3. The van der Waals surface area contributed by atoms with E-state index in [2.05, 4.69) is 20.6 Å². The minimum absolute atomic E-state index is 0.0354. The number of nitrogens with zero attached hydrogens (tertiary/aromatic N) is 4. The fraction of sp³-hybridized carbons (Fsp3) is 0.222. The molecule has 2 atom stereocenters. The lowest BCUT2D eigenvalue weighted by atomic mass is 9.99. The van der Waals surface area contributed by atoms with Gasteiger partial charge in [0.2, 0.25) is 0 Å². The number of rotatable bonds is 1. The van der Waals surface area contributed by atoms with Crippen molar-refractivity contribution in [2.24, 2.45) is 7.05 Å². The summed E-state index contributed by atoms with van der Waals surface area (Å²) in [5.74, 6) is -1.03. The molecular formula is C36H31FN6O6. The molecule has 1 fully saturated rings. The van der Waals surface area contributed by atoms with Crippen LogP contribution in [0.15, 0.2) is 90.2 Å².